The fourth-order valence-corrected chi connectivity index (χ4v) is 3.42. The molecule has 1 aromatic heterocycles. The normalized spacial score (nSPS) is 15.1. The van der Waals surface area contributed by atoms with Crippen LogP contribution >= 0.6 is 11.6 Å². The molecular formula is C20H21ClN4O2. The maximum absolute atomic E-state index is 6.03. The van der Waals surface area contributed by atoms with Crippen LogP contribution in [0.5, 0.6) is 5.75 Å². The first-order valence-electron chi connectivity index (χ1n) is 8.91. The zero-order chi connectivity index (χ0) is 18.6. The van der Waals surface area contributed by atoms with Gasteiger partial charge in [0.25, 0.3) is 0 Å². The van der Waals surface area contributed by atoms with E-state index in [0.717, 1.165) is 37.5 Å². The van der Waals surface area contributed by atoms with Crippen LogP contribution in [0.15, 0.2) is 53.1 Å². The minimum Gasteiger partial charge on any atom is -0.497 e. The molecule has 1 fully saturated rings. The standard InChI is InChI=1S/C20H21ClN4O2/c1-26-18-7-3-6-17(13-18)25-10-8-24(9-11-25)14-19-22-20(23-27-19)15-4-2-5-16(21)12-15/h2-7,12-13H,8-11,14H2,1H3. The molecule has 0 amide bonds. The molecule has 0 radical (unpaired) electrons. The molecule has 0 unspecified atom stereocenters. The van der Waals surface area contributed by atoms with Gasteiger partial charge in [0, 0.05) is 48.5 Å². The smallest absolute Gasteiger partial charge is 0.241 e. The molecule has 0 bridgehead atoms. The lowest BCUT2D eigenvalue weighted by molar-refractivity contribution is 0.215. The summed E-state index contributed by atoms with van der Waals surface area (Å²) in [7, 11) is 1.69. The second kappa shape index (κ2) is 7.98. The highest BCUT2D eigenvalue weighted by Crippen LogP contribution is 2.23. The maximum Gasteiger partial charge on any atom is 0.241 e. The lowest BCUT2D eigenvalue weighted by Crippen LogP contribution is -2.46. The first-order valence-corrected chi connectivity index (χ1v) is 9.29. The van der Waals surface area contributed by atoms with Crippen LogP contribution in [0.3, 0.4) is 0 Å². The van der Waals surface area contributed by atoms with E-state index in [1.165, 1.54) is 5.69 Å². The van der Waals surface area contributed by atoms with Crippen LogP contribution in [0.1, 0.15) is 5.89 Å². The van der Waals surface area contributed by atoms with Gasteiger partial charge in [0.15, 0.2) is 0 Å². The van der Waals surface area contributed by atoms with Crippen LogP contribution in [-0.2, 0) is 6.54 Å². The predicted molar refractivity (Wildman–Crippen MR) is 105 cm³/mol. The van der Waals surface area contributed by atoms with Gasteiger partial charge in [-0.1, -0.05) is 35.0 Å². The Bertz CT molecular complexity index is 906. The molecule has 2 aromatic carbocycles. The molecule has 2 heterocycles. The van der Waals surface area contributed by atoms with E-state index in [9.17, 15) is 0 Å². The van der Waals surface area contributed by atoms with Gasteiger partial charge in [-0.05, 0) is 24.3 Å². The van der Waals surface area contributed by atoms with Gasteiger partial charge in [-0.25, -0.2) is 0 Å². The summed E-state index contributed by atoms with van der Waals surface area (Å²) in [4.78, 5) is 9.20. The molecule has 4 rings (SSSR count). The Hall–Kier alpha value is -2.57. The average Bonchev–Trinajstić information content (AvgIpc) is 3.17. The lowest BCUT2D eigenvalue weighted by atomic mass is 10.2. The van der Waals surface area contributed by atoms with Crippen molar-refractivity contribution in [1.29, 1.82) is 0 Å². The summed E-state index contributed by atoms with van der Waals surface area (Å²) in [6.45, 7) is 4.42. The third kappa shape index (κ3) is 4.23. The molecule has 140 valence electrons. The van der Waals surface area contributed by atoms with Crippen LogP contribution in [0.25, 0.3) is 11.4 Å². The summed E-state index contributed by atoms with van der Waals surface area (Å²) in [5.41, 5.74) is 2.05. The van der Waals surface area contributed by atoms with Crippen LogP contribution in [0, 0.1) is 0 Å². The highest BCUT2D eigenvalue weighted by atomic mass is 35.5. The molecule has 0 N–H and O–H groups in total. The number of hydrogen-bond acceptors (Lipinski definition) is 6. The van der Waals surface area contributed by atoms with Crippen molar-refractivity contribution < 1.29 is 9.26 Å². The molecule has 6 nitrogen and oxygen atoms in total. The van der Waals surface area contributed by atoms with E-state index in [1.807, 2.05) is 36.4 Å². The summed E-state index contributed by atoms with van der Waals surface area (Å²) in [5.74, 6) is 2.08. The topological polar surface area (TPSA) is 54.6 Å². The van der Waals surface area contributed by atoms with Gasteiger partial charge < -0.3 is 14.2 Å². The van der Waals surface area contributed by atoms with Gasteiger partial charge >= 0.3 is 0 Å². The van der Waals surface area contributed by atoms with E-state index < -0.39 is 0 Å². The van der Waals surface area contributed by atoms with Crippen molar-refractivity contribution in [3.05, 3.63) is 59.4 Å². The minimum absolute atomic E-state index is 0.572. The van der Waals surface area contributed by atoms with Gasteiger partial charge in [0.05, 0.1) is 13.7 Å². The fourth-order valence-electron chi connectivity index (χ4n) is 3.23. The maximum atomic E-state index is 6.03. The Labute approximate surface area is 163 Å². The molecule has 0 atom stereocenters. The van der Waals surface area contributed by atoms with Crippen molar-refractivity contribution in [3.63, 3.8) is 0 Å². The Balaban J connectivity index is 1.35. The average molecular weight is 385 g/mol. The molecule has 1 aliphatic heterocycles. The number of piperazine rings is 1. The lowest BCUT2D eigenvalue weighted by Gasteiger charge is -2.35. The van der Waals surface area contributed by atoms with E-state index in [0.29, 0.717) is 23.3 Å². The summed E-state index contributed by atoms with van der Waals surface area (Å²) < 4.78 is 10.7. The summed E-state index contributed by atoms with van der Waals surface area (Å²) in [6.07, 6.45) is 0. The molecule has 0 saturated carbocycles. The number of aromatic nitrogens is 2. The number of anilines is 1. The van der Waals surface area contributed by atoms with Gasteiger partial charge in [-0.2, -0.15) is 4.98 Å². The highest BCUT2D eigenvalue weighted by molar-refractivity contribution is 6.30. The number of nitrogens with zero attached hydrogens (tertiary/aromatic N) is 4. The molecule has 27 heavy (non-hydrogen) atoms. The number of rotatable bonds is 5. The Morgan fingerprint density at radius 2 is 1.89 bits per heavy atom. The van der Waals surface area contributed by atoms with Crippen molar-refractivity contribution in [2.75, 3.05) is 38.2 Å². The number of methoxy groups -OCH3 is 1. The Morgan fingerprint density at radius 3 is 2.67 bits per heavy atom. The van der Waals surface area contributed by atoms with Crippen molar-refractivity contribution in [1.82, 2.24) is 15.0 Å². The quantitative estimate of drug-likeness (QED) is 0.668. The zero-order valence-corrected chi connectivity index (χ0v) is 15.9. The number of hydrogen-bond donors (Lipinski definition) is 0. The van der Waals surface area contributed by atoms with Crippen molar-refractivity contribution >= 4 is 17.3 Å². The van der Waals surface area contributed by atoms with Crippen LogP contribution in [0.2, 0.25) is 5.02 Å². The monoisotopic (exact) mass is 384 g/mol. The summed E-state index contributed by atoms with van der Waals surface area (Å²) in [6, 6.07) is 15.7. The van der Waals surface area contributed by atoms with E-state index in [4.69, 9.17) is 20.9 Å². The van der Waals surface area contributed by atoms with Gasteiger partial charge in [-0.3, -0.25) is 4.90 Å². The number of ether oxygens (including phenoxy) is 1. The number of halogens is 1. The molecule has 3 aromatic rings. The second-order valence-corrected chi connectivity index (χ2v) is 6.92. The van der Waals surface area contributed by atoms with E-state index in [1.54, 1.807) is 7.11 Å². The molecule has 1 aliphatic rings. The molecule has 0 aliphatic carbocycles. The van der Waals surface area contributed by atoms with E-state index in [-0.39, 0.29) is 0 Å². The Kier molecular flexibility index (Phi) is 5.27. The highest BCUT2D eigenvalue weighted by Gasteiger charge is 2.20. The third-order valence-corrected chi connectivity index (χ3v) is 4.94. The van der Waals surface area contributed by atoms with Crippen LogP contribution < -0.4 is 9.64 Å². The van der Waals surface area contributed by atoms with Gasteiger partial charge in [-0.15, -0.1) is 0 Å². The molecule has 0 spiro atoms. The minimum atomic E-state index is 0.572. The van der Waals surface area contributed by atoms with E-state index >= 15 is 0 Å². The van der Waals surface area contributed by atoms with Crippen molar-refractivity contribution in [3.8, 4) is 17.1 Å². The second-order valence-electron chi connectivity index (χ2n) is 6.49. The third-order valence-electron chi connectivity index (χ3n) is 4.70. The fraction of sp³-hybridized carbons (Fsp3) is 0.300. The van der Waals surface area contributed by atoms with E-state index in [2.05, 4.69) is 32.1 Å². The summed E-state index contributed by atoms with van der Waals surface area (Å²) in [5, 5.41) is 4.74. The van der Waals surface area contributed by atoms with Gasteiger partial charge in [0.2, 0.25) is 11.7 Å². The van der Waals surface area contributed by atoms with Crippen LogP contribution in [0.4, 0.5) is 5.69 Å². The number of benzene rings is 2. The van der Waals surface area contributed by atoms with Crippen LogP contribution in [-0.4, -0.2) is 48.3 Å². The predicted octanol–water partition coefficient (Wildman–Crippen LogP) is 3.72. The van der Waals surface area contributed by atoms with Crippen molar-refractivity contribution in [2.45, 2.75) is 6.54 Å². The molecule has 1 saturated heterocycles. The largest absolute Gasteiger partial charge is 0.497 e. The van der Waals surface area contributed by atoms with Crippen molar-refractivity contribution in [2.24, 2.45) is 0 Å². The SMILES string of the molecule is COc1cccc(N2CCN(Cc3nc(-c4cccc(Cl)c4)no3)CC2)c1. The van der Waals surface area contributed by atoms with Gasteiger partial charge in [0.1, 0.15) is 5.75 Å². The Morgan fingerprint density at radius 1 is 1.07 bits per heavy atom. The first-order chi connectivity index (χ1) is 13.2. The first kappa shape index (κ1) is 17.8. The molecule has 7 heteroatoms. The molecular weight excluding hydrogens is 364 g/mol. The summed E-state index contributed by atoms with van der Waals surface area (Å²) >= 11 is 6.03. The zero-order valence-electron chi connectivity index (χ0n) is 15.1.